The lowest BCUT2D eigenvalue weighted by molar-refractivity contribution is 0.565. The van der Waals surface area contributed by atoms with Crippen LogP contribution in [-0.4, -0.2) is 19.6 Å². The average molecular weight is 450 g/mol. The Morgan fingerprint density at radius 1 is 1.06 bits per heavy atom. The third kappa shape index (κ3) is 3.41. The molecule has 31 heavy (non-hydrogen) atoms. The van der Waals surface area contributed by atoms with Gasteiger partial charge in [0.25, 0.3) is 0 Å². The van der Waals surface area contributed by atoms with Crippen LogP contribution in [0.15, 0.2) is 66.3 Å². The summed E-state index contributed by atoms with van der Waals surface area (Å²) in [6.07, 6.45) is 3.60. The zero-order valence-electron chi connectivity index (χ0n) is 17.0. The number of rotatable bonds is 4. The van der Waals surface area contributed by atoms with Crippen LogP contribution in [-0.2, 0) is 0 Å². The Balaban J connectivity index is 1.68. The lowest BCUT2D eigenvalue weighted by atomic mass is 9.96. The molecule has 1 N–H and O–H groups in total. The molecule has 1 aromatic carbocycles. The first kappa shape index (κ1) is 19.8. The molecule has 1 aliphatic rings. The molecule has 5 nitrogen and oxygen atoms in total. The molecule has 5 rings (SSSR count). The molecule has 0 radical (unpaired) electrons. The predicted molar refractivity (Wildman–Crippen MR) is 125 cm³/mol. The summed E-state index contributed by atoms with van der Waals surface area (Å²) in [7, 11) is 0. The van der Waals surface area contributed by atoms with Crippen LogP contribution in [0, 0.1) is 19.7 Å². The number of pyridine rings is 1. The maximum atomic E-state index is 13.6. The maximum Gasteiger partial charge on any atom is 0.193 e. The SMILES string of the molecule is Cc1cc([C@@H]2[C@H](c3ccccn3)NC(=S)N2c2ccc(F)cc2)c(C)n1-c1nccs1. The van der Waals surface area contributed by atoms with Crippen molar-refractivity contribution in [2.75, 3.05) is 4.90 Å². The Morgan fingerprint density at radius 2 is 1.87 bits per heavy atom. The monoisotopic (exact) mass is 449 g/mol. The van der Waals surface area contributed by atoms with Gasteiger partial charge < -0.3 is 10.2 Å². The molecule has 0 unspecified atom stereocenters. The average Bonchev–Trinajstić information content (AvgIpc) is 3.47. The van der Waals surface area contributed by atoms with Crippen molar-refractivity contribution in [1.82, 2.24) is 19.9 Å². The highest BCUT2D eigenvalue weighted by molar-refractivity contribution is 7.80. The minimum atomic E-state index is -0.276. The van der Waals surface area contributed by atoms with Crippen molar-refractivity contribution >= 4 is 34.4 Å². The summed E-state index contributed by atoms with van der Waals surface area (Å²) in [5.74, 6) is -0.276. The number of halogens is 1. The first-order valence-electron chi connectivity index (χ1n) is 9.89. The van der Waals surface area contributed by atoms with Crippen molar-refractivity contribution in [3.63, 3.8) is 0 Å². The van der Waals surface area contributed by atoms with E-state index in [9.17, 15) is 4.39 Å². The van der Waals surface area contributed by atoms with Crippen LogP contribution in [0.3, 0.4) is 0 Å². The molecule has 8 heteroatoms. The number of hydrogen-bond acceptors (Lipinski definition) is 4. The third-order valence-corrected chi connectivity index (χ3v) is 6.67. The molecule has 3 aromatic heterocycles. The molecule has 0 saturated carbocycles. The largest absolute Gasteiger partial charge is 0.351 e. The number of aromatic nitrogens is 3. The summed E-state index contributed by atoms with van der Waals surface area (Å²) in [5.41, 5.74) is 5.05. The quantitative estimate of drug-likeness (QED) is 0.431. The molecular weight excluding hydrogens is 429 g/mol. The Bertz CT molecular complexity index is 1220. The van der Waals surface area contributed by atoms with Gasteiger partial charge in [-0.25, -0.2) is 9.37 Å². The van der Waals surface area contributed by atoms with E-state index >= 15 is 0 Å². The Hall–Kier alpha value is -3.10. The number of nitrogens with one attached hydrogen (secondary N) is 1. The first-order valence-corrected chi connectivity index (χ1v) is 11.2. The number of thiocarbonyl (C=S) groups is 1. The topological polar surface area (TPSA) is 46.0 Å². The zero-order chi connectivity index (χ0) is 21.5. The van der Waals surface area contributed by atoms with Gasteiger partial charge >= 0.3 is 0 Å². The van der Waals surface area contributed by atoms with Crippen LogP contribution >= 0.6 is 23.6 Å². The fraction of sp³-hybridized carbons (Fsp3) is 0.174. The molecule has 0 aliphatic carbocycles. The summed E-state index contributed by atoms with van der Waals surface area (Å²) in [6, 6.07) is 14.2. The van der Waals surface area contributed by atoms with E-state index in [-0.39, 0.29) is 17.9 Å². The molecular formula is C23H20FN5S2. The highest BCUT2D eigenvalue weighted by Gasteiger charge is 2.42. The van der Waals surface area contributed by atoms with Gasteiger partial charge in [-0.15, -0.1) is 11.3 Å². The Kier molecular flexibility index (Phi) is 5.03. The second-order valence-corrected chi connectivity index (χ2v) is 8.71. The van der Waals surface area contributed by atoms with Gasteiger partial charge in [-0.05, 0) is 74.1 Å². The second-order valence-electron chi connectivity index (χ2n) is 7.45. The van der Waals surface area contributed by atoms with Crippen molar-refractivity contribution in [2.24, 2.45) is 0 Å². The molecule has 2 atom stereocenters. The first-order chi connectivity index (χ1) is 15.0. The molecule has 4 aromatic rings. The number of thiazole rings is 1. The molecule has 1 aliphatic heterocycles. The van der Waals surface area contributed by atoms with E-state index in [4.69, 9.17) is 12.2 Å². The fourth-order valence-electron chi connectivity index (χ4n) is 4.26. The van der Waals surface area contributed by atoms with E-state index in [0.717, 1.165) is 33.5 Å². The second kappa shape index (κ2) is 7.86. The number of aryl methyl sites for hydroxylation is 1. The van der Waals surface area contributed by atoms with E-state index < -0.39 is 0 Å². The lowest BCUT2D eigenvalue weighted by Gasteiger charge is -2.28. The van der Waals surface area contributed by atoms with Gasteiger partial charge in [0.15, 0.2) is 10.2 Å². The molecule has 1 saturated heterocycles. The van der Waals surface area contributed by atoms with Crippen molar-refractivity contribution in [2.45, 2.75) is 25.9 Å². The molecule has 0 amide bonds. The van der Waals surface area contributed by atoms with Crippen LogP contribution in [0.1, 0.15) is 34.7 Å². The van der Waals surface area contributed by atoms with Crippen LogP contribution in [0.5, 0.6) is 0 Å². The molecule has 1 fully saturated rings. The number of benzene rings is 1. The van der Waals surface area contributed by atoms with Crippen molar-refractivity contribution in [3.05, 3.63) is 94.8 Å². The van der Waals surface area contributed by atoms with E-state index in [0.29, 0.717) is 5.11 Å². The highest BCUT2D eigenvalue weighted by atomic mass is 32.1. The number of nitrogens with zero attached hydrogens (tertiary/aromatic N) is 4. The van der Waals surface area contributed by atoms with Gasteiger partial charge in [0.2, 0.25) is 0 Å². The van der Waals surface area contributed by atoms with Crippen molar-refractivity contribution in [1.29, 1.82) is 0 Å². The molecule has 4 heterocycles. The standard InChI is InChI=1S/C23H20FN5S2/c1-14-13-18(15(2)28(14)23-26-11-12-31-23)21-20(19-5-3-4-10-25-19)27-22(30)29(21)17-8-6-16(24)7-9-17/h3-13,20-21H,1-2H3,(H,27,30)/t20-,21+/m0/s1. The normalized spacial score (nSPS) is 18.4. The van der Waals surface area contributed by atoms with E-state index in [2.05, 4.69) is 44.7 Å². The minimum absolute atomic E-state index is 0.146. The van der Waals surface area contributed by atoms with Gasteiger partial charge in [-0.2, -0.15) is 0 Å². The Morgan fingerprint density at radius 3 is 2.55 bits per heavy atom. The molecule has 0 spiro atoms. The van der Waals surface area contributed by atoms with Crippen molar-refractivity contribution < 1.29 is 4.39 Å². The number of hydrogen-bond donors (Lipinski definition) is 1. The maximum absolute atomic E-state index is 13.6. The van der Waals surface area contributed by atoms with Crippen molar-refractivity contribution in [3.8, 4) is 5.13 Å². The molecule has 156 valence electrons. The summed E-state index contributed by atoms with van der Waals surface area (Å²) >= 11 is 7.35. The van der Waals surface area contributed by atoms with Crippen LogP contribution in [0.2, 0.25) is 0 Å². The Labute approximate surface area is 189 Å². The predicted octanol–water partition coefficient (Wildman–Crippen LogP) is 5.26. The number of anilines is 1. The van der Waals surface area contributed by atoms with Crippen LogP contribution in [0.4, 0.5) is 10.1 Å². The third-order valence-electron chi connectivity index (χ3n) is 5.60. The summed E-state index contributed by atoms with van der Waals surface area (Å²) in [6.45, 7) is 4.18. The van der Waals surface area contributed by atoms with E-state index in [1.165, 1.54) is 12.1 Å². The van der Waals surface area contributed by atoms with E-state index in [1.807, 2.05) is 29.8 Å². The minimum Gasteiger partial charge on any atom is -0.351 e. The summed E-state index contributed by atoms with van der Waals surface area (Å²) in [5, 5.41) is 6.94. The van der Waals surface area contributed by atoms with Crippen LogP contribution in [0.25, 0.3) is 5.13 Å². The summed E-state index contributed by atoms with van der Waals surface area (Å²) in [4.78, 5) is 11.2. The van der Waals surface area contributed by atoms with Crippen LogP contribution < -0.4 is 10.2 Å². The fourth-order valence-corrected chi connectivity index (χ4v) is 5.36. The van der Waals surface area contributed by atoms with Gasteiger partial charge in [0.05, 0.1) is 17.8 Å². The smallest absolute Gasteiger partial charge is 0.193 e. The van der Waals surface area contributed by atoms with Gasteiger partial charge in [-0.1, -0.05) is 6.07 Å². The van der Waals surface area contributed by atoms with Gasteiger partial charge in [0.1, 0.15) is 5.82 Å². The molecule has 0 bridgehead atoms. The summed E-state index contributed by atoms with van der Waals surface area (Å²) < 4.78 is 15.8. The highest BCUT2D eigenvalue weighted by Crippen LogP contribution is 2.43. The lowest BCUT2D eigenvalue weighted by Crippen LogP contribution is -2.29. The van der Waals surface area contributed by atoms with Gasteiger partial charge in [-0.3, -0.25) is 9.55 Å². The van der Waals surface area contributed by atoms with Gasteiger partial charge in [0, 0.05) is 34.8 Å². The zero-order valence-corrected chi connectivity index (χ0v) is 18.6. The van der Waals surface area contributed by atoms with E-state index in [1.54, 1.807) is 29.7 Å².